The fraction of sp³-hybridized carbons (Fsp3) is 0.375. The number of benzene rings is 1. The molecule has 1 aliphatic heterocycles. The summed E-state index contributed by atoms with van der Waals surface area (Å²) in [6.07, 6.45) is 0. The molecule has 1 aliphatic rings. The number of carbonyl (C=O) groups is 4. The van der Waals surface area contributed by atoms with Crippen LogP contribution >= 0.6 is 0 Å². The molecule has 1 fully saturated rings. The van der Waals surface area contributed by atoms with Gasteiger partial charge in [0.2, 0.25) is 0 Å². The third kappa shape index (κ3) is 4.31. The summed E-state index contributed by atoms with van der Waals surface area (Å²) in [5.41, 5.74) is -0.136. The van der Waals surface area contributed by atoms with Crippen LogP contribution in [0.1, 0.15) is 19.4 Å². The minimum Gasteiger partial charge on any atom is -0.454 e. The zero-order valence-electron chi connectivity index (χ0n) is 13.5. The van der Waals surface area contributed by atoms with Crippen molar-refractivity contribution in [1.29, 1.82) is 0 Å². The van der Waals surface area contributed by atoms with Crippen molar-refractivity contribution in [3.8, 4) is 0 Å². The van der Waals surface area contributed by atoms with E-state index in [-0.39, 0.29) is 0 Å². The molecule has 0 bridgehead atoms. The van der Waals surface area contributed by atoms with Gasteiger partial charge in [-0.2, -0.15) is 0 Å². The van der Waals surface area contributed by atoms with Gasteiger partial charge in [-0.1, -0.05) is 30.3 Å². The molecular formula is C16H19N3O5. The number of rotatable bonds is 6. The van der Waals surface area contributed by atoms with E-state index >= 15 is 0 Å². The normalized spacial score (nSPS) is 15.8. The maximum atomic E-state index is 11.9. The molecular weight excluding hydrogens is 314 g/mol. The van der Waals surface area contributed by atoms with E-state index in [1.54, 1.807) is 0 Å². The maximum absolute atomic E-state index is 11.9. The van der Waals surface area contributed by atoms with Crippen LogP contribution in [0.25, 0.3) is 0 Å². The lowest BCUT2D eigenvalue weighted by atomic mass is 10.1. The summed E-state index contributed by atoms with van der Waals surface area (Å²) in [7, 11) is 0. The maximum Gasteiger partial charge on any atom is 0.326 e. The number of nitrogens with zero attached hydrogens (tertiary/aromatic N) is 1. The van der Waals surface area contributed by atoms with Gasteiger partial charge in [0.25, 0.3) is 11.8 Å². The summed E-state index contributed by atoms with van der Waals surface area (Å²) in [6.45, 7) is 2.39. The SMILES string of the molecule is CC1(C)NC(=O)N(CC(=O)OCC(=O)NCc2ccccc2)C1=O. The molecule has 4 amide bonds. The fourth-order valence-corrected chi connectivity index (χ4v) is 2.13. The molecule has 0 radical (unpaired) electrons. The number of amides is 4. The molecule has 0 aliphatic carbocycles. The topological polar surface area (TPSA) is 105 Å². The van der Waals surface area contributed by atoms with Gasteiger partial charge < -0.3 is 15.4 Å². The number of hydrogen-bond acceptors (Lipinski definition) is 5. The first-order chi connectivity index (χ1) is 11.3. The van der Waals surface area contributed by atoms with E-state index in [0.717, 1.165) is 10.5 Å². The number of urea groups is 1. The summed E-state index contributed by atoms with van der Waals surface area (Å²) in [4.78, 5) is 47.7. The first-order valence-corrected chi connectivity index (χ1v) is 7.40. The zero-order chi connectivity index (χ0) is 17.7. The highest BCUT2D eigenvalue weighted by molar-refractivity contribution is 6.08. The van der Waals surface area contributed by atoms with Crippen molar-refractivity contribution in [2.75, 3.05) is 13.2 Å². The Bertz CT molecular complexity index is 657. The van der Waals surface area contributed by atoms with Crippen LogP contribution in [0.2, 0.25) is 0 Å². The van der Waals surface area contributed by atoms with Crippen LogP contribution in [0.3, 0.4) is 0 Å². The molecule has 0 saturated carbocycles. The van der Waals surface area contributed by atoms with Crippen LogP contribution in [0, 0.1) is 0 Å². The fourth-order valence-electron chi connectivity index (χ4n) is 2.13. The summed E-state index contributed by atoms with van der Waals surface area (Å²) in [5.74, 6) is -1.81. The Morgan fingerprint density at radius 1 is 1.21 bits per heavy atom. The third-order valence-electron chi connectivity index (χ3n) is 3.43. The summed E-state index contributed by atoms with van der Waals surface area (Å²) < 4.78 is 4.79. The summed E-state index contributed by atoms with van der Waals surface area (Å²) in [5, 5.41) is 5.05. The molecule has 1 saturated heterocycles. The molecule has 8 heteroatoms. The highest BCUT2D eigenvalue weighted by Crippen LogP contribution is 2.16. The van der Waals surface area contributed by atoms with Crippen LogP contribution in [0.4, 0.5) is 4.79 Å². The molecule has 0 unspecified atom stereocenters. The number of imide groups is 1. The number of carbonyl (C=O) groups excluding carboxylic acids is 4. The van der Waals surface area contributed by atoms with E-state index in [1.165, 1.54) is 13.8 Å². The molecule has 1 aromatic rings. The molecule has 1 aromatic carbocycles. The lowest BCUT2D eigenvalue weighted by Crippen LogP contribution is -2.41. The smallest absolute Gasteiger partial charge is 0.326 e. The lowest BCUT2D eigenvalue weighted by Gasteiger charge is -2.15. The second-order valence-electron chi connectivity index (χ2n) is 5.87. The Labute approximate surface area is 139 Å². The Morgan fingerprint density at radius 2 is 1.88 bits per heavy atom. The highest BCUT2D eigenvalue weighted by Gasteiger charge is 2.45. The standard InChI is InChI=1S/C16H19N3O5/c1-16(2)14(22)19(15(23)18-16)9-13(21)24-10-12(20)17-8-11-6-4-3-5-7-11/h3-7H,8-10H2,1-2H3,(H,17,20)(H,18,23). The van der Waals surface area contributed by atoms with Crippen molar-refractivity contribution in [3.05, 3.63) is 35.9 Å². The van der Waals surface area contributed by atoms with Gasteiger partial charge in [0.05, 0.1) is 0 Å². The van der Waals surface area contributed by atoms with E-state index in [1.807, 2.05) is 30.3 Å². The molecule has 128 valence electrons. The van der Waals surface area contributed by atoms with Crippen LogP contribution in [0.5, 0.6) is 0 Å². The number of nitrogens with one attached hydrogen (secondary N) is 2. The predicted octanol–water partition coefficient (Wildman–Crippen LogP) is 0.176. The predicted molar refractivity (Wildman–Crippen MR) is 83.6 cm³/mol. The van der Waals surface area contributed by atoms with E-state index in [9.17, 15) is 19.2 Å². The summed E-state index contributed by atoms with van der Waals surface area (Å²) in [6, 6.07) is 8.61. The van der Waals surface area contributed by atoms with Gasteiger partial charge >= 0.3 is 12.0 Å². The molecule has 1 heterocycles. The van der Waals surface area contributed by atoms with Crippen LogP contribution in [-0.2, 0) is 25.7 Å². The number of hydrogen-bond donors (Lipinski definition) is 2. The van der Waals surface area contributed by atoms with Crippen LogP contribution in [0.15, 0.2) is 30.3 Å². The monoisotopic (exact) mass is 333 g/mol. The van der Waals surface area contributed by atoms with E-state index < -0.39 is 42.5 Å². The largest absolute Gasteiger partial charge is 0.454 e. The highest BCUT2D eigenvalue weighted by atomic mass is 16.5. The summed E-state index contributed by atoms with van der Waals surface area (Å²) >= 11 is 0. The third-order valence-corrected chi connectivity index (χ3v) is 3.43. The molecule has 0 atom stereocenters. The second kappa shape index (κ2) is 7.12. The van der Waals surface area contributed by atoms with Gasteiger partial charge in [0, 0.05) is 6.54 Å². The molecule has 0 aromatic heterocycles. The number of ether oxygens (including phenoxy) is 1. The van der Waals surface area contributed by atoms with Gasteiger partial charge in [0.1, 0.15) is 12.1 Å². The van der Waals surface area contributed by atoms with E-state index in [2.05, 4.69) is 10.6 Å². The average molecular weight is 333 g/mol. The Kier molecular flexibility index (Phi) is 5.18. The second-order valence-corrected chi connectivity index (χ2v) is 5.87. The van der Waals surface area contributed by atoms with Crippen molar-refractivity contribution >= 4 is 23.8 Å². The van der Waals surface area contributed by atoms with E-state index in [0.29, 0.717) is 6.54 Å². The van der Waals surface area contributed by atoms with Crippen LogP contribution in [-0.4, -0.2) is 47.4 Å². The van der Waals surface area contributed by atoms with Crippen molar-refractivity contribution in [2.45, 2.75) is 25.9 Å². The lowest BCUT2D eigenvalue weighted by molar-refractivity contribution is -0.151. The molecule has 2 N–H and O–H groups in total. The van der Waals surface area contributed by atoms with E-state index in [4.69, 9.17) is 4.74 Å². The Morgan fingerprint density at radius 3 is 2.46 bits per heavy atom. The average Bonchev–Trinajstić information content (AvgIpc) is 2.74. The van der Waals surface area contributed by atoms with Crippen molar-refractivity contribution in [3.63, 3.8) is 0 Å². The van der Waals surface area contributed by atoms with Gasteiger partial charge in [-0.25, -0.2) is 4.79 Å². The first kappa shape index (κ1) is 17.5. The van der Waals surface area contributed by atoms with Gasteiger partial charge in [-0.05, 0) is 19.4 Å². The van der Waals surface area contributed by atoms with Gasteiger partial charge in [-0.3, -0.25) is 19.3 Å². The van der Waals surface area contributed by atoms with Gasteiger partial charge in [-0.15, -0.1) is 0 Å². The Hall–Kier alpha value is -2.90. The molecule has 0 spiro atoms. The number of esters is 1. The quantitative estimate of drug-likeness (QED) is 0.571. The molecule has 2 rings (SSSR count). The zero-order valence-corrected chi connectivity index (χ0v) is 13.5. The van der Waals surface area contributed by atoms with Crippen molar-refractivity contribution in [1.82, 2.24) is 15.5 Å². The minimum absolute atomic E-state index is 0.318. The van der Waals surface area contributed by atoms with Crippen molar-refractivity contribution < 1.29 is 23.9 Å². The van der Waals surface area contributed by atoms with Crippen molar-refractivity contribution in [2.24, 2.45) is 0 Å². The molecule has 24 heavy (non-hydrogen) atoms. The van der Waals surface area contributed by atoms with Gasteiger partial charge in [0.15, 0.2) is 6.61 Å². The Balaban J connectivity index is 1.74. The molecule has 8 nitrogen and oxygen atoms in total. The minimum atomic E-state index is -1.05. The first-order valence-electron chi connectivity index (χ1n) is 7.40. The van der Waals surface area contributed by atoms with Crippen LogP contribution < -0.4 is 10.6 Å².